The third-order valence-electron chi connectivity index (χ3n) is 3.25. The van der Waals surface area contributed by atoms with E-state index in [1.165, 1.54) is 11.1 Å². The lowest BCUT2D eigenvalue weighted by Gasteiger charge is -2.09. The number of rotatable bonds is 4. The van der Waals surface area contributed by atoms with Gasteiger partial charge in [-0.05, 0) is 44.0 Å². The molecule has 102 valence electrons. The molecule has 0 bridgehead atoms. The van der Waals surface area contributed by atoms with Crippen LogP contribution in [0.5, 0.6) is 0 Å². The molecular formula is C18H19NO. The third kappa shape index (κ3) is 3.58. The van der Waals surface area contributed by atoms with Crippen molar-refractivity contribution in [2.75, 3.05) is 5.32 Å². The van der Waals surface area contributed by atoms with Crippen molar-refractivity contribution in [3.8, 4) is 0 Å². The van der Waals surface area contributed by atoms with Gasteiger partial charge in [-0.1, -0.05) is 36.4 Å². The Kier molecular flexibility index (Phi) is 4.36. The average molecular weight is 265 g/mol. The van der Waals surface area contributed by atoms with Crippen molar-refractivity contribution in [1.82, 2.24) is 0 Å². The van der Waals surface area contributed by atoms with Crippen LogP contribution in [0.1, 0.15) is 28.4 Å². The zero-order valence-corrected chi connectivity index (χ0v) is 12.1. The van der Waals surface area contributed by atoms with Crippen molar-refractivity contribution < 1.29 is 4.79 Å². The molecule has 1 N–H and O–H groups in total. The second-order valence-electron chi connectivity index (χ2n) is 4.98. The molecule has 0 unspecified atom stereocenters. The maximum absolute atomic E-state index is 12.0. The molecule has 2 nitrogen and oxygen atoms in total. The fourth-order valence-electron chi connectivity index (χ4n) is 1.97. The highest BCUT2D eigenvalue weighted by molar-refractivity contribution is 6.05. The van der Waals surface area contributed by atoms with Crippen molar-refractivity contribution in [2.24, 2.45) is 0 Å². The molecule has 20 heavy (non-hydrogen) atoms. The lowest BCUT2D eigenvalue weighted by atomic mass is 10.1. The van der Waals surface area contributed by atoms with Crippen LogP contribution >= 0.6 is 0 Å². The van der Waals surface area contributed by atoms with E-state index in [1.54, 1.807) is 6.08 Å². The van der Waals surface area contributed by atoms with Gasteiger partial charge in [0.05, 0.1) is 0 Å². The van der Waals surface area contributed by atoms with Crippen molar-refractivity contribution in [1.29, 1.82) is 0 Å². The second kappa shape index (κ2) is 6.20. The minimum absolute atomic E-state index is 0.0134. The average Bonchev–Trinajstić information content (AvgIpc) is 2.44. The molecule has 0 spiro atoms. The lowest BCUT2D eigenvalue weighted by Crippen LogP contribution is -2.01. The predicted molar refractivity (Wildman–Crippen MR) is 84.1 cm³/mol. The second-order valence-corrected chi connectivity index (χ2v) is 4.98. The van der Waals surface area contributed by atoms with Gasteiger partial charge < -0.3 is 5.32 Å². The van der Waals surface area contributed by atoms with Crippen LogP contribution in [0.25, 0.3) is 0 Å². The Labute approximate surface area is 120 Å². The van der Waals surface area contributed by atoms with Crippen molar-refractivity contribution in [3.63, 3.8) is 0 Å². The van der Waals surface area contributed by atoms with E-state index in [0.29, 0.717) is 5.56 Å². The van der Waals surface area contributed by atoms with E-state index in [9.17, 15) is 4.79 Å². The van der Waals surface area contributed by atoms with Crippen LogP contribution in [0.15, 0.2) is 60.3 Å². The molecule has 2 rings (SSSR count). The van der Waals surface area contributed by atoms with Gasteiger partial charge in [0, 0.05) is 23.0 Å². The number of carbonyl (C=O) groups is 1. The molecule has 0 aliphatic heterocycles. The predicted octanol–water partition coefficient (Wildman–Crippen LogP) is 4.50. The molecule has 2 aromatic rings. The monoisotopic (exact) mass is 265 g/mol. The van der Waals surface area contributed by atoms with Crippen LogP contribution in [-0.4, -0.2) is 5.78 Å². The third-order valence-corrected chi connectivity index (χ3v) is 3.25. The van der Waals surface area contributed by atoms with Crippen LogP contribution in [-0.2, 0) is 0 Å². The van der Waals surface area contributed by atoms with Gasteiger partial charge in [0.15, 0.2) is 5.78 Å². The molecule has 0 atom stereocenters. The van der Waals surface area contributed by atoms with Crippen LogP contribution in [0.4, 0.5) is 5.69 Å². The topological polar surface area (TPSA) is 29.1 Å². The van der Waals surface area contributed by atoms with Gasteiger partial charge in [0.25, 0.3) is 0 Å². The highest BCUT2D eigenvalue weighted by Gasteiger charge is 2.02. The summed E-state index contributed by atoms with van der Waals surface area (Å²) >= 11 is 0. The number of ketones is 1. The summed E-state index contributed by atoms with van der Waals surface area (Å²) in [5, 5.41) is 3.25. The summed E-state index contributed by atoms with van der Waals surface area (Å²) in [4.78, 5) is 12.0. The first-order valence-electron chi connectivity index (χ1n) is 6.68. The van der Waals surface area contributed by atoms with E-state index < -0.39 is 0 Å². The molecule has 0 aromatic heterocycles. The molecule has 0 saturated carbocycles. The number of aryl methyl sites for hydroxylation is 2. The van der Waals surface area contributed by atoms with Crippen molar-refractivity contribution in [3.05, 3.63) is 77.0 Å². The number of hydrogen-bond acceptors (Lipinski definition) is 2. The van der Waals surface area contributed by atoms with Gasteiger partial charge in [-0.3, -0.25) is 4.79 Å². The number of hydrogen-bond donors (Lipinski definition) is 1. The summed E-state index contributed by atoms with van der Waals surface area (Å²) in [5.41, 5.74) is 5.04. The first kappa shape index (κ1) is 14.1. The summed E-state index contributed by atoms with van der Waals surface area (Å²) < 4.78 is 0. The number of benzene rings is 2. The summed E-state index contributed by atoms with van der Waals surface area (Å²) in [5.74, 6) is 0.0134. The molecule has 0 amide bonds. The lowest BCUT2D eigenvalue weighted by molar-refractivity contribution is 0.104. The fraction of sp³-hybridized carbons (Fsp3) is 0.167. The molecule has 0 aliphatic rings. The van der Waals surface area contributed by atoms with Crippen LogP contribution in [0.2, 0.25) is 0 Å². The molecule has 2 aromatic carbocycles. The highest BCUT2D eigenvalue weighted by atomic mass is 16.1. The first-order chi connectivity index (χ1) is 9.56. The van der Waals surface area contributed by atoms with Crippen LogP contribution < -0.4 is 5.32 Å². The van der Waals surface area contributed by atoms with Crippen LogP contribution in [0, 0.1) is 13.8 Å². The Bertz CT molecular complexity index is 642. The van der Waals surface area contributed by atoms with Gasteiger partial charge in [-0.25, -0.2) is 0 Å². The van der Waals surface area contributed by atoms with Crippen LogP contribution in [0.3, 0.4) is 0 Å². The van der Waals surface area contributed by atoms with Crippen molar-refractivity contribution in [2.45, 2.75) is 20.8 Å². The minimum Gasteiger partial charge on any atom is -0.359 e. The molecule has 0 saturated heterocycles. The Balaban J connectivity index is 2.11. The maximum atomic E-state index is 12.0. The number of nitrogens with one attached hydrogen (secondary N) is 1. The number of allylic oxidation sites excluding steroid dienone is 2. The maximum Gasteiger partial charge on any atom is 0.187 e. The summed E-state index contributed by atoms with van der Waals surface area (Å²) in [7, 11) is 0. The smallest absolute Gasteiger partial charge is 0.187 e. The SMILES string of the molecule is CC(=CC(=O)c1ccccc1)Nc1ccc(C)c(C)c1. The quantitative estimate of drug-likeness (QED) is 0.651. The van der Waals surface area contributed by atoms with Gasteiger partial charge in [0.2, 0.25) is 0 Å². The van der Waals surface area contributed by atoms with E-state index >= 15 is 0 Å². The van der Waals surface area contributed by atoms with Gasteiger partial charge in [-0.15, -0.1) is 0 Å². The Morgan fingerprint density at radius 2 is 1.70 bits per heavy atom. The fourth-order valence-corrected chi connectivity index (χ4v) is 1.97. The normalized spacial score (nSPS) is 11.2. The van der Waals surface area contributed by atoms with Gasteiger partial charge in [-0.2, -0.15) is 0 Å². The number of anilines is 1. The zero-order valence-electron chi connectivity index (χ0n) is 12.1. The molecule has 0 radical (unpaired) electrons. The summed E-state index contributed by atoms with van der Waals surface area (Å²) in [6, 6.07) is 15.5. The Morgan fingerprint density at radius 3 is 2.35 bits per heavy atom. The molecule has 2 heteroatoms. The minimum atomic E-state index is 0.0134. The standard InChI is InChI=1S/C18H19NO/c1-13-9-10-17(11-14(13)2)19-15(3)12-18(20)16-7-5-4-6-8-16/h4-12,19H,1-3H3. The van der Waals surface area contributed by atoms with E-state index in [2.05, 4.69) is 31.3 Å². The molecule has 0 heterocycles. The van der Waals surface area contributed by atoms with E-state index in [0.717, 1.165) is 11.4 Å². The van der Waals surface area contributed by atoms with Gasteiger partial charge in [0.1, 0.15) is 0 Å². The van der Waals surface area contributed by atoms with E-state index in [1.807, 2.05) is 43.3 Å². The molecule has 0 aliphatic carbocycles. The van der Waals surface area contributed by atoms with E-state index in [-0.39, 0.29) is 5.78 Å². The Hall–Kier alpha value is -2.35. The highest BCUT2D eigenvalue weighted by Crippen LogP contribution is 2.16. The molecular weight excluding hydrogens is 246 g/mol. The summed E-state index contributed by atoms with van der Waals surface area (Å²) in [6.07, 6.45) is 1.63. The van der Waals surface area contributed by atoms with Crippen molar-refractivity contribution >= 4 is 11.5 Å². The molecule has 0 fully saturated rings. The summed E-state index contributed by atoms with van der Waals surface area (Å²) in [6.45, 7) is 6.06. The van der Waals surface area contributed by atoms with Gasteiger partial charge >= 0.3 is 0 Å². The number of carbonyl (C=O) groups excluding carboxylic acids is 1. The zero-order chi connectivity index (χ0) is 14.5. The Morgan fingerprint density at radius 1 is 1.00 bits per heavy atom. The first-order valence-corrected chi connectivity index (χ1v) is 6.68. The largest absolute Gasteiger partial charge is 0.359 e. The van der Waals surface area contributed by atoms with E-state index in [4.69, 9.17) is 0 Å².